The van der Waals surface area contributed by atoms with Crippen molar-refractivity contribution in [3.8, 4) is 0 Å². The summed E-state index contributed by atoms with van der Waals surface area (Å²) in [4.78, 5) is 25.9. The summed E-state index contributed by atoms with van der Waals surface area (Å²) < 4.78 is 6.72. The highest BCUT2D eigenvalue weighted by atomic mass is 16.5. The number of ether oxygens (including phenoxy) is 1. The second-order valence-electron chi connectivity index (χ2n) is 5.19. The van der Waals surface area contributed by atoms with Crippen LogP contribution in [0.4, 0.5) is 5.82 Å². The van der Waals surface area contributed by atoms with Gasteiger partial charge in [-0.05, 0) is 20.3 Å². The lowest BCUT2D eigenvalue weighted by Crippen LogP contribution is -2.51. The first kappa shape index (κ1) is 15.5. The zero-order valence-corrected chi connectivity index (χ0v) is 12.8. The van der Waals surface area contributed by atoms with Crippen LogP contribution >= 0.6 is 0 Å². The van der Waals surface area contributed by atoms with Crippen molar-refractivity contribution < 1.29 is 14.3 Å². The fourth-order valence-corrected chi connectivity index (χ4v) is 2.45. The first-order valence-corrected chi connectivity index (χ1v) is 7.17. The highest BCUT2D eigenvalue weighted by Crippen LogP contribution is 2.24. The highest BCUT2D eigenvalue weighted by molar-refractivity contribution is 6.00. The molecule has 21 heavy (non-hydrogen) atoms. The molecule has 1 aromatic heterocycles. The van der Waals surface area contributed by atoms with E-state index in [0.717, 1.165) is 12.1 Å². The van der Waals surface area contributed by atoms with Crippen LogP contribution in [-0.2, 0) is 20.9 Å². The molecule has 1 aliphatic heterocycles. The molecule has 1 aromatic rings. The molecule has 2 rings (SSSR count). The minimum atomic E-state index is -0.546. The molecule has 0 aliphatic carbocycles. The zero-order valence-electron chi connectivity index (χ0n) is 12.8. The molecule has 0 saturated carbocycles. The van der Waals surface area contributed by atoms with Crippen LogP contribution < -0.4 is 10.2 Å². The van der Waals surface area contributed by atoms with Gasteiger partial charge >= 0.3 is 0 Å². The average Bonchev–Trinajstić information content (AvgIpc) is 2.83. The van der Waals surface area contributed by atoms with Gasteiger partial charge in [0.1, 0.15) is 11.9 Å². The third kappa shape index (κ3) is 3.41. The van der Waals surface area contributed by atoms with Crippen LogP contribution in [0, 0.1) is 6.92 Å². The van der Waals surface area contributed by atoms with E-state index in [2.05, 4.69) is 10.4 Å². The van der Waals surface area contributed by atoms with Gasteiger partial charge < -0.3 is 10.1 Å². The fraction of sp³-hybridized carbons (Fsp3) is 0.643. The predicted octanol–water partition coefficient (Wildman–Crippen LogP) is 0.469. The largest absolute Gasteiger partial charge is 0.385 e. The molecule has 7 nitrogen and oxygen atoms in total. The number of anilines is 1. The molecule has 0 aromatic carbocycles. The normalized spacial score (nSPS) is 15.8. The summed E-state index contributed by atoms with van der Waals surface area (Å²) in [7, 11) is 1.63. The lowest BCUT2D eigenvalue weighted by Gasteiger charge is -2.31. The lowest BCUT2D eigenvalue weighted by molar-refractivity contribution is -0.126. The van der Waals surface area contributed by atoms with Crippen LogP contribution in [0.3, 0.4) is 0 Å². The van der Waals surface area contributed by atoms with Gasteiger partial charge in [0.05, 0.1) is 12.2 Å². The topological polar surface area (TPSA) is 76.5 Å². The van der Waals surface area contributed by atoms with E-state index in [-0.39, 0.29) is 11.8 Å². The van der Waals surface area contributed by atoms with E-state index < -0.39 is 6.04 Å². The minimum absolute atomic E-state index is 0.0399. The molecule has 2 heterocycles. The number of carbonyl (C=O) groups excluding carboxylic acids is 2. The van der Waals surface area contributed by atoms with Crippen molar-refractivity contribution in [3.63, 3.8) is 0 Å². The molecule has 1 N–H and O–H groups in total. The van der Waals surface area contributed by atoms with Crippen LogP contribution in [0.2, 0.25) is 0 Å². The second kappa shape index (κ2) is 6.71. The van der Waals surface area contributed by atoms with E-state index in [1.165, 1.54) is 4.90 Å². The van der Waals surface area contributed by atoms with E-state index in [0.29, 0.717) is 31.9 Å². The van der Waals surface area contributed by atoms with Gasteiger partial charge in [-0.1, -0.05) is 0 Å². The first-order chi connectivity index (χ1) is 10.0. The van der Waals surface area contributed by atoms with E-state index in [1.54, 1.807) is 18.7 Å². The lowest BCUT2D eigenvalue weighted by atomic mass is 10.2. The first-order valence-electron chi connectivity index (χ1n) is 7.17. The van der Waals surface area contributed by atoms with Crippen molar-refractivity contribution >= 4 is 17.6 Å². The Hall–Kier alpha value is -1.89. The number of aromatic nitrogens is 2. The molecule has 0 fully saturated rings. The highest BCUT2D eigenvalue weighted by Gasteiger charge is 2.32. The van der Waals surface area contributed by atoms with Gasteiger partial charge in [0, 0.05) is 32.7 Å². The number of nitrogens with zero attached hydrogens (tertiary/aromatic N) is 3. The molecule has 0 saturated heterocycles. The molecule has 0 bridgehead atoms. The molecule has 1 atom stereocenters. The quantitative estimate of drug-likeness (QED) is 0.774. The summed E-state index contributed by atoms with van der Waals surface area (Å²) >= 11 is 0. The number of hydrogen-bond donors (Lipinski definition) is 1. The summed E-state index contributed by atoms with van der Waals surface area (Å²) in [6.07, 6.45) is 1.12. The number of amides is 2. The van der Waals surface area contributed by atoms with Gasteiger partial charge in [0.25, 0.3) is 0 Å². The van der Waals surface area contributed by atoms with Gasteiger partial charge in [0.2, 0.25) is 11.8 Å². The Morgan fingerprint density at radius 3 is 3.05 bits per heavy atom. The number of aryl methyl sites for hydroxylation is 2. The Bertz CT molecular complexity index is 526. The van der Waals surface area contributed by atoms with Gasteiger partial charge in [0.15, 0.2) is 0 Å². The summed E-state index contributed by atoms with van der Waals surface area (Å²) in [6.45, 7) is 5.33. The fourth-order valence-electron chi connectivity index (χ4n) is 2.45. The summed E-state index contributed by atoms with van der Waals surface area (Å²) in [5, 5.41) is 7.17. The van der Waals surface area contributed by atoms with Crippen molar-refractivity contribution in [3.05, 3.63) is 11.8 Å². The van der Waals surface area contributed by atoms with E-state index >= 15 is 0 Å². The molecular formula is C14H22N4O3. The standard InChI is InChI=1S/C14H22N4O3/c1-10-9-12-17(16-10)7-5-13(19)18(12)11(2)14(20)15-6-4-8-21-3/h9,11H,4-8H2,1-3H3,(H,15,20)/t11-/m1/s1. The predicted molar refractivity (Wildman–Crippen MR) is 78.0 cm³/mol. The molecule has 0 unspecified atom stereocenters. The van der Waals surface area contributed by atoms with Crippen LogP contribution in [0.25, 0.3) is 0 Å². The number of fused-ring (bicyclic) bond motifs is 1. The zero-order chi connectivity index (χ0) is 15.4. The summed E-state index contributed by atoms with van der Waals surface area (Å²) in [5.41, 5.74) is 0.845. The smallest absolute Gasteiger partial charge is 0.242 e. The molecule has 7 heteroatoms. The maximum absolute atomic E-state index is 12.2. The van der Waals surface area contributed by atoms with Gasteiger partial charge in [-0.3, -0.25) is 14.5 Å². The van der Waals surface area contributed by atoms with Crippen LogP contribution in [0.15, 0.2) is 6.07 Å². The Labute approximate surface area is 124 Å². The molecular weight excluding hydrogens is 272 g/mol. The SMILES string of the molecule is COCCCNC(=O)[C@@H](C)N1C(=O)CCn2nc(C)cc21. The van der Waals surface area contributed by atoms with Crippen LogP contribution in [0.5, 0.6) is 0 Å². The molecule has 0 radical (unpaired) electrons. The Kier molecular flexibility index (Phi) is 4.95. The van der Waals surface area contributed by atoms with Crippen molar-refractivity contribution in [2.24, 2.45) is 0 Å². The third-order valence-electron chi connectivity index (χ3n) is 3.53. The van der Waals surface area contributed by atoms with E-state index in [9.17, 15) is 9.59 Å². The van der Waals surface area contributed by atoms with E-state index in [1.807, 2.05) is 13.0 Å². The molecule has 1 aliphatic rings. The minimum Gasteiger partial charge on any atom is -0.385 e. The van der Waals surface area contributed by atoms with Crippen LogP contribution in [0.1, 0.15) is 25.5 Å². The van der Waals surface area contributed by atoms with Crippen molar-refractivity contribution in [2.75, 3.05) is 25.2 Å². The molecule has 0 spiro atoms. The number of hydrogen-bond acceptors (Lipinski definition) is 4. The van der Waals surface area contributed by atoms with Crippen molar-refractivity contribution in [1.29, 1.82) is 0 Å². The van der Waals surface area contributed by atoms with Crippen molar-refractivity contribution in [1.82, 2.24) is 15.1 Å². The summed E-state index contributed by atoms with van der Waals surface area (Å²) in [5.74, 6) is 0.497. The number of rotatable bonds is 6. The summed E-state index contributed by atoms with van der Waals surface area (Å²) in [6, 6.07) is 1.29. The monoisotopic (exact) mass is 294 g/mol. The maximum atomic E-state index is 12.2. The molecule has 2 amide bonds. The molecule has 116 valence electrons. The van der Waals surface area contributed by atoms with E-state index in [4.69, 9.17) is 4.74 Å². The van der Waals surface area contributed by atoms with Gasteiger partial charge in [-0.25, -0.2) is 4.68 Å². The number of carbonyl (C=O) groups is 2. The van der Waals surface area contributed by atoms with Gasteiger partial charge in [-0.2, -0.15) is 5.10 Å². The Balaban J connectivity index is 2.05. The number of nitrogens with one attached hydrogen (secondary N) is 1. The average molecular weight is 294 g/mol. The number of methoxy groups -OCH3 is 1. The second-order valence-corrected chi connectivity index (χ2v) is 5.19. The van der Waals surface area contributed by atoms with Gasteiger partial charge in [-0.15, -0.1) is 0 Å². The maximum Gasteiger partial charge on any atom is 0.242 e. The van der Waals surface area contributed by atoms with Crippen LogP contribution in [-0.4, -0.2) is 47.9 Å². The Morgan fingerprint density at radius 1 is 1.57 bits per heavy atom. The third-order valence-corrected chi connectivity index (χ3v) is 3.53. The van der Waals surface area contributed by atoms with Crippen molar-refractivity contribution in [2.45, 2.75) is 39.3 Å². The Morgan fingerprint density at radius 2 is 2.33 bits per heavy atom.